The highest BCUT2D eigenvalue weighted by atomic mass is 16.2. The van der Waals surface area contributed by atoms with Gasteiger partial charge in [-0.05, 0) is 32.4 Å². The molecule has 18 heavy (non-hydrogen) atoms. The van der Waals surface area contributed by atoms with Crippen LogP contribution in [0.25, 0.3) is 0 Å². The molecule has 2 amide bonds. The maximum atomic E-state index is 11.8. The lowest BCUT2D eigenvalue weighted by Gasteiger charge is -2.30. The SMILES string of the molecule is CCCCNC(=O)C1CCN(CC(=O)NC)CC1. The average Bonchev–Trinajstić information content (AvgIpc) is 2.39. The maximum absolute atomic E-state index is 11.8. The largest absolute Gasteiger partial charge is 0.358 e. The zero-order chi connectivity index (χ0) is 13.4. The van der Waals surface area contributed by atoms with Crippen LogP contribution in [0.3, 0.4) is 0 Å². The van der Waals surface area contributed by atoms with E-state index in [1.807, 2.05) is 0 Å². The number of nitrogens with zero attached hydrogens (tertiary/aromatic N) is 1. The molecule has 1 saturated heterocycles. The monoisotopic (exact) mass is 255 g/mol. The fourth-order valence-electron chi connectivity index (χ4n) is 2.17. The molecule has 0 unspecified atom stereocenters. The van der Waals surface area contributed by atoms with Gasteiger partial charge in [0.1, 0.15) is 0 Å². The van der Waals surface area contributed by atoms with Gasteiger partial charge in [0.15, 0.2) is 0 Å². The lowest BCUT2D eigenvalue weighted by molar-refractivity contribution is -0.126. The van der Waals surface area contributed by atoms with Crippen molar-refractivity contribution >= 4 is 11.8 Å². The van der Waals surface area contributed by atoms with E-state index < -0.39 is 0 Å². The number of carbonyl (C=O) groups is 2. The third-order valence-corrected chi connectivity index (χ3v) is 3.43. The number of unbranched alkanes of at least 4 members (excludes halogenated alkanes) is 1. The fourth-order valence-corrected chi connectivity index (χ4v) is 2.17. The Morgan fingerprint density at radius 1 is 1.28 bits per heavy atom. The van der Waals surface area contributed by atoms with Gasteiger partial charge in [0.2, 0.25) is 11.8 Å². The second-order valence-corrected chi connectivity index (χ2v) is 4.87. The van der Waals surface area contributed by atoms with Crippen LogP contribution in [0.2, 0.25) is 0 Å². The number of nitrogens with one attached hydrogen (secondary N) is 2. The summed E-state index contributed by atoms with van der Waals surface area (Å²) in [5.41, 5.74) is 0. The maximum Gasteiger partial charge on any atom is 0.233 e. The zero-order valence-corrected chi connectivity index (χ0v) is 11.5. The van der Waals surface area contributed by atoms with E-state index in [-0.39, 0.29) is 17.7 Å². The van der Waals surface area contributed by atoms with Crippen LogP contribution in [0, 0.1) is 5.92 Å². The van der Waals surface area contributed by atoms with Gasteiger partial charge in [-0.15, -0.1) is 0 Å². The van der Waals surface area contributed by atoms with Crippen molar-refractivity contribution in [3.05, 3.63) is 0 Å². The Labute approximate surface area is 109 Å². The predicted molar refractivity (Wildman–Crippen MR) is 71.1 cm³/mol. The van der Waals surface area contributed by atoms with Gasteiger partial charge >= 0.3 is 0 Å². The molecule has 5 nitrogen and oxygen atoms in total. The Balaban J connectivity index is 2.22. The molecule has 1 aliphatic rings. The molecule has 1 aliphatic heterocycles. The van der Waals surface area contributed by atoms with Gasteiger partial charge < -0.3 is 10.6 Å². The molecule has 0 atom stereocenters. The standard InChI is InChI=1S/C13H25N3O2/c1-3-4-7-15-13(18)11-5-8-16(9-6-11)10-12(17)14-2/h11H,3-10H2,1-2H3,(H,14,17)(H,15,18). The minimum atomic E-state index is 0.0425. The molecule has 1 heterocycles. The van der Waals surface area contributed by atoms with Crippen molar-refractivity contribution in [1.82, 2.24) is 15.5 Å². The molecule has 0 aromatic rings. The summed E-state index contributed by atoms with van der Waals surface area (Å²) < 4.78 is 0. The first-order valence-electron chi connectivity index (χ1n) is 6.88. The molecule has 0 aliphatic carbocycles. The van der Waals surface area contributed by atoms with Crippen LogP contribution < -0.4 is 10.6 Å². The molecular weight excluding hydrogens is 230 g/mol. The third-order valence-electron chi connectivity index (χ3n) is 3.43. The first-order chi connectivity index (χ1) is 8.67. The van der Waals surface area contributed by atoms with E-state index in [2.05, 4.69) is 22.5 Å². The van der Waals surface area contributed by atoms with Crippen molar-refractivity contribution in [3.63, 3.8) is 0 Å². The number of hydrogen-bond acceptors (Lipinski definition) is 3. The number of likely N-dealkylation sites (tertiary alicyclic amines) is 1. The minimum Gasteiger partial charge on any atom is -0.358 e. The Bertz CT molecular complexity index is 273. The quantitative estimate of drug-likeness (QED) is 0.674. The first-order valence-corrected chi connectivity index (χ1v) is 6.88. The molecule has 0 spiro atoms. The van der Waals surface area contributed by atoms with E-state index in [0.717, 1.165) is 45.3 Å². The van der Waals surface area contributed by atoms with Crippen LogP contribution in [0.15, 0.2) is 0 Å². The number of hydrogen-bond donors (Lipinski definition) is 2. The smallest absolute Gasteiger partial charge is 0.233 e. The molecular formula is C13H25N3O2. The Hall–Kier alpha value is -1.10. The summed E-state index contributed by atoms with van der Waals surface area (Å²) in [7, 11) is 1.65. The molecule has 0 bridgehead atoms. The van der Waals surface area contributed by atoms with E-state index in [1.54, 1.807) is 7.05 Å². The lowest BCUT2D eigenvalue weighted by Crippen LogP contribution is -2.44. The van der Waals surface area contributed by atoms with Crippen molar-refractivity contribution in [2.45, 2.75) is 32.6 Å². The van der Waals surface area contributed by atoms with E-state index in [1.165, 1.54) is 0 Å². The number of rotatable bonds is 6. The molecule has 1 rings (SSSR count). The topological polar surface area (TPSA) is 61.4 Å². The van der Waals surface area contributed by atoms with Gasteiger partial charge in [0, 0.05) is 19.5 Å². The molecule has 0 aromatic carbocycles. The summed E-state index contributed by atoms with van der Waals surface area (Å²) in [4.78, 5) is 25.2. The van der Waals surface area contributed by atoms with Crippen LogP contribution in [-0.2, 0) is 9.59 Å². The van der Waals surface area contributed by atoms with Crippen molar-refractivity contribution in [2.24, 2.45) is 5.92 Å². The molecule has 0 aromatic heterocycles. The summed E-state index contributed by atoms with van der Waals surface area (Å²) in [5.74, 6) is 0.353. The number of amides is 2. The highest BCUT2D eigenvalue weighted by molar-refractivity contribution is 5.79. The molecule has 1 fully saturated rings. The molecule has 5 heteroatoms. The van der Waals surface area contributed by atoms with E-state index >= 15 is 0 Å². The second-order valence-electron chi connectivity index (χ2n) is 4.87. The van der Waals surface area contributed by atoms with E-state index in [9.17, 15) is 9.59 Å². The predicted octanol–water partition coefficient (Wildman–Crippen LogP) is 0.361. The van der Waals surface area contributed by atoms with Gasteiger partial charge in [-0.2, -0.15) is 0 Å². The summed E-state index contributed by atoms with van der Waals surface area (Å²) in [6.45, 7) is 5.01. The van der Waals surface area contributed by atoms with Crippen LogP contribution >= 0.6 is 0 Å². The second kappa shape index (κ2) is 8.08. The molecule has 2 N–H and O–H groups in total. The van der Waals surface area contributed by atoms with Crippen molar-refractivity contribution < 1.29 is 9.59 Å². The minimum absolute atomic E-state index is 0.0425. The number of carbonyl (C=O) groups excluding carboxylic acids is 2. The Morgan fingerprint density at radius 2 is 1.94 bits per heavy atom. The number of likely N-dealkylation sites (N-methyl/N-ethyl adjacent to an activating group) is 1. The van der Waals surface area contributed by atoms with E-state index in [0.29, 0.717) is 6.54 Å². The summed E-state index contributed by atoms with van der Waals surface area (Å²) >= 11 is 0. The van der Waals surface area contributed by atoms with Crippen LogP contribution in [0.1, 0.15) is 32.6 Å². The first kappa shape index (κ1) is 15.0. The van der Waals surface area contributed by atoms with Gasteiger partial charge in [-0.25, -0.2) is 0 Å². The van der Waals surface area contributed by atoms with Crippen LogP contribution in [-0.4, -0.2) is 49.9 Å². The van der Waals surface area contributed by atoms with Crippen LogP contribution in [0.4, 0.5) is 0 Å². The normalized spacial score (nSPS) is 17.4. The summed E-state index contributed by atoms with van der Waals surface area (Å²) in [5, 5.41) is 5.60. The van der Waals surface area contributed by atoms with Crippen molar-refractivity contribution in [1.29, 1.82) is 0 Å². The van der Waals surface area contributed by atoms with Crippen LogP contribution in [0.5, 0.6) is 0 Å². The summed E-state index contributed by atoms with van der Waals surface area (Å²) in [6, 6.07) is 0. The molecule has 0 saturated carbocycles. The van der Waals surface area contributed by atoms with Crippen molar-refractivity contribution in [3.8, 4) is 0 Å². The highest BCUT2D eigenvalue weighted by Crippen LogP contribution is 2.16. The van der Waals surface area contributed by atoms with E-state index in [4.69, 9.17) is 0 Å². The van der Waals surface area contributed by atoms with Gasteiger partial charge in [0.05, 0.1) is 6.54 Å². The highest BCUT2D eigenvalue weighted by Gasteiger charge is 2.25. The average molecular weight is 255 g/mol. The van der Waals surface area contributed by atoms with Crippen molar-refractivity contribution in [2.75, 3.05) is 33.2 Å². The Kier molecular flexibility index (Phi) is 6.72. The van der Waals surface area contributed by atoms with Gasteiger partial charge in [-0.3, -0.25) is 14.5 Å². The van der Waals surface area contributed by atoms with Gasteiger partial charge in [0.25, 0.3) is 0 Å². The molecule has 104 valence electrons. The zero-order valence-electron chi connectivity index (χ0n) is 11.5. The summed E-state index contributed by atoms with van der Waals surface area (Å²) in [6.07, 6.45) is 3.86. The third kappa shape index (κ3) is 5.04. The molecule has 0 radical (unpaired) electrons. The fraction of sp³-hybridized carbons (Fsp3) is 0.846. The van der Waals surface area contributed by atoms with Gasteiger partial charge in [-0.1, -0.05) is 13.3 Å². The number of piperidine rings is 1. The lowest BCUT2D eigenvalue weighted by atomic mass is 9.96. The Morgan fingerprint density at radius 3 is 2.50 bits per heavy atom.